The van der Waals surface area contributed by atoms with E-state index in [1.807, 2.05) is 67.6 Å². The number of benzene rings is 4. The number of primary amides is 1. The summed E-state index contributed by atoms with van der Waals surface area (Å²) in [6.07, 6.45) is 0. The molecule has 1 amide bonds. The number of carbonyl (C=O) groups excluding carboxylic acids is 1. The SMILES string of the molecule is CCOc1cccc(Cn2c3cc(-c4ccc(Cl)cc4)c[c]c3c3c(C(N)=O)cccc32)c1. The van der Waals surface area contributed by atoms with Crippen molar-refractivity contribution in [3.05, 3.63) is 101 Å². The van der Waals surface area contributed by atoms with Crippen molar-refractivity contribution in [1.29, 1.82) is 0 Å². The van der Waals surface area contributed by atoms with Crippen LogP contribution in [0.3, 0.4) is 0 Å². The first kappa shape index (κ1) is 21.1. The van der Waals surface area contributed by atoms with Crippen molar-refractivity contribution in [2.45, 2.75) is 13.5 Å². The van der Waals surface area contributed by atoms with Crippen molar-refractivity contribution in [3.63, 3.8) is 0 Å². The Bertz CT molecular complexity index is 1490. The number of carbonyl (C=O) groups is 1. The lowest BCUT2D eigenvalue weighted by atomic mass is 10.0. The average Bonchev–Trinajstić information content (AvgIpc) is 3.13. The molecule has 163 valence electrons. The molecule has 0 saturated heterocycles. The van der Waals surface area contributed by atoms with Crippen LogP contribution < -0.4 is 10.5 Å². The lowest BCUT2D eigenvalue weighted by molar-refractivity contribution is 0.100. The Labute approximate surface area is 197 Å². The van der Waals surface area contributed by atoms with Gasteiger partial charge in [0, 0.05) is 27.9 Å². The third-order valence-corrected chi connectivity index (χ3v) is 6.04. The summed E-state index contributed by atoms with van der Waals surface area (Å²) in [6, 6.07) is 29.0. The number of ether oxygens (including phenoxy) is 1. The molecule has 2 N–H and O–H groups in total. The quantitative estimate of drug-likeness (QED) is 0.320. The van der Waals surface area contributed by atoms with Gasteiger partial charge in [-0.15, -0.1) is 0 Å². The molecular weight excluding hydrogens is 432 g/mol. The molecule has 0 aliphatic carbocycles. The maximum absolute atomic E-state index is 12.2. The van der Waals surface area contributed by atoms with Gasteiger partial charge in [0.25, 0.3) is 0 Å². The number of halogens is 1. The van der Waals surface area contributed by atoms with Crippen molar-refractivity contribution in [2.24, 2.45) is 5.73 Å². The van der Waals surface area contributed by atoms with Crippen molar-refractivity contribution >= 4 is 39.3 Å². The first-order valence-electron chi connectivity index (χ1n) is 10.8. The largest absolute Gasteiger partial charge is 0.494 e. The van der Waals surface area contributed by atoms with Gasteiger partial charge in [0.1, 0.15) is 5.75 Å². The number of amides is 1. The Balaban J connectivity index is 1.74. The molecule has 0 aliphatic heterocycles. The third-order valence-electron chi connectivity index (χ3n) is 5.79. The Morgan fingerprint density at radius 1 is 1.00 bits per heavy atom. The number of aromatic nitrogens is 1. The van der Waals surface area contributed by atoms with E-state index in [2.05, 4.69) is 22.8 Å². The van der Waals surface area contributed by atoms with Gasteiger partial charge in [-0.3, -0.25) is 4.79 Å². The molecule has 0 unspecified atom stereocenters. The normalized spacial score (nSPS) is 11.2. The Hall–Kier alpha value is -3.76. The van der Waals surface area contributed by atoms with Gasteiger partial charge in [0.2, 0.25) is 5.91 Å². The highest BCUT2D eigenvalue weighted by atomic mass is 35.5. The van der Waals surface area contributed by atoms with Crippen LogP contribution in [0.1, 0.15) is 22.8 Å². The number of nitrogens with two attached hydrogens (primary N) is 1. The summed E-state index contributed by atoms with van der Waals surface area (Å²) in [5.74, 6) is 0.384. The predicted molar refractivity (Wildman–Crippen MR) is 134 cm³/mol. The highest BCUT2D eigenvalue weighted by Crippen LogP contribution is 2.35. The second-order valence-corrected chi connectivity index (χ2v) is 8.32. The van der Waals surface area contributed by atoms with Crippen LogP contribution in [0.25, 0.3) is 32.9 Å². The fraction of sp³-hybridized carbons (Fsp3) is 0.107. The zero-order valence-electron chi connectivity index (χ0n) is 18.1. The molecular formula is C28H22ClN2O2. The molecule has 1 radical (unpaired) electrons. The topological polar surface area (TPSA) is 57.2 Å². The molecule has 1 aromatic heterocycles. The minimum absolute atomic E-state index is 0.451. The van der Waals surface area contributed by atoms with Gasteiger partial charge < -0.3 is 15.0 Å². The number of hydrogen-bond donors (Lipinski definition) is 1. The van der Waals surface area contributed by atoms with E-state index in [0.29, 0.717) is 23.7 Å². The second-order valence-electron chi connectivity index (χ2n) is 7.89. The van der Waals surface area contributed by atoms with Gasteiger partial charge in [0.15, 0.2) is 0 Å². The number of fused-ring (bicyclic) bond motifs is 3. The van der Waals surface area contributed by atoms with E-state index in [1.54, 1.807) is 6.07 Å². The van der Waals surface area contributed by atoms with Crippen molar-refractivity contribution in [3.8, 4) is 16.9 Å². The van der Waals surface area contributed by atoms with Crippen LogP contribution in [-0.4, -0.2) is 17.1 Å². The number of nitrogens with zero attached hydrogens (tertiary/aromatic N) is 1. The Morgan fingerprint density at radius 3 is 2.55 bits per heavy atom. The fourth-order valence-electron chi connectivity index (χ4n) is 4.32. The summed E-state index contributed by atoms with van der Waals surface area (Å²) < 4.78 is 7.90. The van der Waals surface area contributed by atoms with Crippen molar-refractivity contribution in [2.75, 3.05) is 6.61 Å². The Morgan fingerprint density at radius 2 is 1.79 bits per heavy atom. The van der Waals surface area contributed by atoms with E-state index in [-0.39, 0.29) is 0 Å². The molecule has 5 aromatic rings. The van der Waals surface area contributed by atoms with Gasteiger partial charge in [0.05, 0.1) is 17.6 Å². The lowest BCUT2D eigenvalue weighted by Crippen LogP contribution is -2.11. The average molecular weight is 454 g/mol. The molecule has 1 heterocycles. The molecule has 0 fully saturated rings. The first-order chi connectivity index (χ1) is 16.0. The molecule has 4 nitrogen and oxygen atoms in total. The summed E-state index contributed by atoms with van der Waals surface area (Å²) in [4.78, 5) is 12.2. The molecule has 33 heavy (non-hydrogen) atoms. The maximum atomic E-state index is 12.2. The maximum Gasteiger partial charge on any atom is 0.249 e. The summed E-state index contributed by atoms with van der Waals surface area (Å²) in [6.45, 7) is 3.19. The highest BCUT2D eigenvalue weighted by Gasteiger charge is 2.17. The molecule has 4 aromatic carbocycles. The zero-order chi connectivity index (χ0) is 22.9. The lowest BCUT2D eigenvalue weighted by Gasteiger charge is -2.11. The van der Waals surface area contributed by atoms with Crippen LogP contribution in [0.4, 0.5) is 0 Å². The van der Waals surface area contributed by atoms with E-state index in [9.17, 15) is 4.79 Å². The summed E-state index contributed by atoms with van der Waals surface area (Å²) in [5, 5.41) is 2.39. The van der Waals surface area contributed by atoms with Gasteiger partial charge in [-0.25, -0.2) is 0 Å². The number of rotatable bonds is 6. The van der Waals surface area contributed by atoms with E-state index >= 15 is 0 Å². The molecule has 5 rings (SSSR count). The molecule has 0 atom stereocenters. The Kier molecular flexibility index (Phi) is 5.53. The van der Waals surface area contributed by atoms with Crippen LogP contribution in [0, 0.1) is 6.07 Å². The van der Waals surface area contributed by atoms with Crippen LogP contribution >= 0.6 is 11.6 Å². The van der Waals surface area contributed by atoms with E-state index < -0.39 is 5.91 Å². The van der Waals surface area contributed by atoms with Crippen LogP contribution in [0.5, 0.6) is 5.75 Å². The van der Waals surface area contributed by atoms with Gasteiger partial charge >= 0.3 is 0 Å². The monoisotopic (exact) mass is 453 g/mol. The third kappa shape index (κ3) is 3.94. The molecule has 0 bridgehead atoms. The molecule has 0 aliphatic rings. The van der Waals surface area contributed by atoms with Crippen LogP contribution in [0.2, 0.25) is 5.02 Å². The van der Waals surface area contributed by atoms with Crippen molar-refractivity contribution < 1.29 is 9.53 Å². The van der Waals surface area contributed by atoms with Gasteiger partial charge in [-0.1, -0.05) is 41.9 Å². The highest BCUT2D eigenvalue weighted by molar-refractivity contribution is 6.30. The van der Waals surface area contributed by atoms with Gasteiger partial charge in [-0.05, 0) is 78.2 Å². The second kappa shape index (κ2) is 8.64. The minimum Gasteiger partial charge on any atom is -0.494 e. The van der Waals surface area contributed by atoms with Gasteiger partial charge in [-0.2, -0.15) is 0 Å². The van der Waals surface area contributed by atoms with E-state index in [0.717, 1.165) is 44.2 Å². The van der Waals surface area contributed by atoms with Crippen LogP contribution in [-0.2, 0) is 6.54 Å². The fourth-order valence-corrected chi connectivity index (χ4v) is 4.45. The minimum atomic E-state index is -0.451. The van der Waals surface area contributed by atoms with Crippen molar-refractivity contribution in [1.82, 2.24) is 4.57 Å². The van der Waals surface area contributed by atoms with E-state index in [4.69, 9.17) is 22.1 Å². The summed E-state index contributed by atoms with van der Waals surface area (Å²) in [5.41, 5.74) is 11.3. The van der Waals surface area contributed by atoms with Crippen LogP contribution in [0.15, 0.2) is 78.9 Å². The molecule has 5 heteroatoms. The first-order valence-corrected chi connectivity index (χ1v) is 11.2. The standard InChI is InChI=1S/C28H22ClN2O2/c1-2-33-22-6-3-5-18(15-22)17-31-25-8-4-7-24(28(30)32)27(25)23-14-11-20(16-26(23)31)19-9-12-21(29)13-10-19/h3-13,15-16H,2,17H2,1H3,(H2,30,32). The zero-order valence-corrected chi connectivity index (χ0v) is 18.9. The number of hydrogen-bond acceptors (Lipinski definition) is 2. The summed E-state index contributed by atoms with van der Waals surface area (Å²) in [7, 11) is 0. The smallest absolute Gasteiger partial charge is 0.249 e. The van der Waals surface area contributed by atoms with E-state index in [1.165, 1.54) is 0 Å². The molecule has 0 saturated carbocycles. The summed E-state index contributed by atoms with van der Waals surface area (Å²) >= 11 is 6.08. The molecule has 0 spiro atoms. The predicted octanol–water partition coefficient (Wildman–Crippen LogP) is 6.46.